The molecule has 0 saturated heterocycles. The van der Waals surface area contributed by atoms with Crippen molar-refractivity contribution in [2.75, 3.05) is 12.4 Å². The molecular formula is C30H29F2N5O5S. The topological polar surface area (TPSA) is 129 Å². The third kappa shape index (κ3) is 5.85. The molecule has 0 bridgehead atoms. The van der Waals surface area contributed by atoms with E-state index in [9.17, 15) is 17.6 Å². The lowest BCUT2D eigenvalue weighted by atomic mass is 9.84. The standard InChI is InChI=1S/C30H29F2N5O5S/c1-17-8-10-19(11-9-17)43(39,40)37-16-21(20-13-18(31)15-33-29(20)37)27-35-26(22-7-6-12-42-22)25(32)28(36-27)34-23(30(2,3)4)14-24(38)41-5/h6-13,15-16,23H,14H2,1-5H3,(H,34,35,36). The van der Waals surface area contributed by atoms with Crippen LogP contribution < -0.4 is 5.32 Å². The summed E-state index contributed by atoms with van der Waals surface area (Å²) in [6, 6.07) is 9.76. The van der Waals surface area contributed by atoms with Crippen molar-refractivity contribution < 1.29 is 31.1 Å². The largest absolute Gasteiger partial charge is 0.469 e. The number of furan rings is 1. The van der Waals surface area contributed by atoms with Gasteiger partial charge in [0.1, 0.15) is 11.5 Å². The third-order valence-corrected chi connectivity index (χ3v) is 8.62. The quantitative estimate of drug-likeness (QED) is 0.212. The van der Waals surface area contributed by atoms with Crippen molar-refractivity contribution in [3.05, 3.63) is 78.3 Å². The van der Waals surface area contributed by atoms with E-state index >= 15 is 4.39 Å². The number of ether oxygens (including phenoxy) is 1. The van der Waals surface area contributed by atoms with Crippen LogP contribution in [0.5, 0.6) is 0 Å². The van der Waals surface area contributed by atoms with Crippen molar-refractivity contribution in [2.45, 2.75) is 45.1 Å². The molecule has 1 N–H and O–H groups in total. The summed E-state index contributed by atoms with van der Waals surface area (Å²) >= 11 is 0. The number of nitrogens with one attached hydrogen (secondary N) is 1. The summed E-state index contributed by atoms with van der Waals surface area (Å²) in [5, 5.41) is 3.09. The van der Waals surface area contributed by atoms with Crippen LogP contribution in [0.25, 0.3) is 33.9 Å². The summed E-state index contributed by atoms with van der Waals surface area (Å²) in [5.41, 5.74) is 0.0889. The number of benzene rings is 1. The van der Waals surface area contributed by atoms with Crippen LogP contribution in [-0.2, 0) is 19.6 Å². The lowest BCUT2D eigenvalue weighted by molar-refractivity contribution is -0.141. The maximum Gasteiger partial charge on any atom is 0.307 e. The van der Waals surface area contributed by atoms with Crippen LogP contribution in [0.1, 0.15) is 32.8 Å². The van der Waals surface area contributed by atoms with Gasteiger partial charge in [0.15, 0.2) is 28.9 Å². The van der Waals surface area contributed by atoms with Crippen molar-refractivity contribution in [1.29, 1.82) is 0 Å². The van der Waals surface area contributed by atoms with Gasteiger partial charge in [-0.05, 0) is 42.7 Å². The molecule has 13 heteroatoms. The fraction of sp³-hybridized carbons (Fsp3) is 0.267. The number of aromatic nitrogens is 4. The first-order valence-corrected chi connectivity index (χ1v) is 14.7. The van der Waals surface area contributed by atoms with E-state index in [0.717, 1.165) is 21.8 Å². The molecule has 0 radical (unpaired) electrons. The highest BCUT2D eigenvalue weighted by molar-refractivity contribution is 7.90. The number of esters is 1. The number of carbonyl (C=O) groups excluding carboxylic acids is 1. The smallest absolute Gasteiger partial charge is 0.307 e. The zero-order chi connectivity index (χ0) is 31.1. The highest BCUT2D eigenvalue weighted by atomic mass is 32.2. The maximum absolute atomic E-state index is 16.0. The molecule has 0 spiro atoms. The van der Waals surface area contributed by atoms with Crippen molar-refractivity contribution in [3.8, 4) is 22.8 Å². The Morgan fingerprint density at radius 1 is 1.14 bits per heavy atom. The number of carbonyl (C=O) groups is 1. The van der Waals surface area contributed by atoms with Crippen LogP contribution in [0.15, 0.2) is 70.4 Å². The molecule has 1 unspecified atom stereocenters. The Morgan fingerprint density at radius 2 is 1.86 bits per heavy atom. The number of hydrogen-bond acceptors (Lipinski definition) is 9. The van der Waals surface area contributed by atoms with Crippen LogP contribution in [0.3, 0.4) is 0 Å². The second kappa shape index (κ2) is 11.2. The molecule has 0 saturated carbocycles. The summed E-state index contributed by atoms with van der Waals surface area (Å²) in [6.45, 7) is 7.41. The Balaban J connectivity index is 1.74. The number of fused-ring (bicyclic) bond motifs is 1. The second-order valence-electron chi connectivity index (χ2n) is 11.1. The van der Waals surface area contributed by atoms with Crippen LogP contribution in [0.2, 0.25) is 0 Å². The Hall–Kier alpha value is -4.65. The van der Waals surface area contributed by atoms with Crippen LogP contribution >= 0.6 is 0 Å². The highest BCUT2D eigenvalue weighted by Crippen LogP contribution is 2.36. The predicted octanol–water partition coefficient (Wildman–Crippen LogP) is 5.97. The molecule has 4 heterocycles. The zero-order valence-corrected chi connectivity index (χ0v) is 24.9. The summed E-state index contributed by atoms with van der Waals surface area (Å²) < 4.78 is 69.1. The molecule has 5 rings (SSSR count). The summed E-state index contributed by atoms with van der Waals surface area (Å²) in [5.74, 6) is -2.43. The molecule has 224 valence electrons. The van der Waals surface area contributed by atoms with E-state index < -0.39 is 39.1 Å². The Morgan fingerprint density at radius 3 is 2.49 bits per heavy atom. The molecular weight excluding hydrogens is 580 g/mol. The van der Waals surface area contributed by atoms with E-state index in [-0.39, 0.29) is 51.0 Å². The van der Waals surface area contributed by atoms with Gasteiger partial charge < -0.3 is 14.5 Å². The van der Waals surface area contributed by atoms with Crippen LogP contribution in [0, 0.1) is 24.0 Å². The van der Waals surface area contributed by atoms with E-state index in [4.69, 9.17) is 9.15 Å². The first kappa shape index (κ1) is 29.8. The summed E-state index contributed by atoms with van der Waals surface area (Å²) in [4.78, 5) is 25.0. The number of methoxy groups -OCH3 is 1. The molecule has 0 aliphatic rings. The fourth-order valence-corrected chi connectivity index (χ4v) is 5.79. The molecule has 0 aliphatic heterocycles. The normalized spacial score (nSPS) is 12.8. The van der Waals surface area contributed by atoms with Gasteiger partial charge in [-0.25, -0.2) is 36.1 Å². The minimum absolute atomic E-state index is 0.0119. The van der Waals surface area contributed by atoms with Gasteiger partial charge in [-0.1, -0.05) is 38.5 Å². The number of hydrogen-bond donors (Lipinski definition) is 1. The highest BCUT2D eigenvalue weighted by Gasteiger charge is 2.31. The monoisotopic (exact) mass is 609 g/mol. The summed E-state index contributed by atoms with van der Waals surface area (Å²) in [6.07, 6.45) is 3.38. The molecule has 0 aliphatic carbocycles. The van der Waals surface area contributed by atoms with E-state index in [1.807, 2.05) is 27.7 Å². The van der Waals surface area contributed by atoms with E-state index in [1.165, 1.54) is 37.8 Å². The van der Waals surface area contributed by atoms with E-state index in [1.54, 1.807) is 18.2 Å². The second-order valence-corrected chi connectivity index (χ2v) is 12.9. The van der Waals surface area contributed by atoms with Crippen molar-refractivity contribution in [3.63, 3.8) is 0 Å². The number of nitrogens with zero attached hydrogens (tertiary/aromatic N) is 4. The van der Waals surface area contributed by atoms with Crippen LogP contribution in [-0.4, -0.2) is 46.5 Å². The summed E-state index contributed by atoms with van der Waals surface area (Å²) in [7, 11) is -2.93. The molecule has 1 aromatic carbocycles. The Kier molecular flexibility index (Phi) is 7.78. The average molecular weight is 610 g/mol. The van der Waals surface area contributed by atoms with E-state index in [0.29, 0.717) is 0 Å². The predicted molar refractivity (Wildman–Crippen MR) is 156 cm³/mol. The minimum Gasteiger partial charge on any atom is -0.469 e. The zero-order valence-electron chi connectivity index (χ0n) is 24.1. The molecule has 43 heavy (non-hydrogen) atoms. The maximum atomic E-state index is 16.0. The number of rotatable bonds is 8. The van der Waals surface area contributed by atoms with E-state index in [2.05, 4.69) is 20.3 Å². The number of halogens is 2. The molecule has 5 aromatic rings. The molecule has 10 nitrogen and oxygen atoms in total. The van der Waals surface area contributed by atoms with Gasteiger partial charge in [-0.15, -0.1) is 0 Å². The average Bonchev–Trinajstić information content (AvgIpc) is 3.62. The SMILES string of the molecule is COC(=O)CC(Nc1nc(-c2cn(S(=O)(=O)c3ccc(C)cc3)c3ncc(F)cc23)nc(-c2ccco2)c1F)C(C)(C)C. The molecule has 4 aromatic heterocycles. The first-order valence-electron chi connectivity index (χ1n) is 13.2. The number of anilines is 1. The van der Waals surface area contributed by atoms with Gasteiger partial charge in [0.25, 0.3) is 10.0 Å². The van der Waals surface area contributed by atoms with Gasteiger partial charge in [0.2, 0.25) is 0 Å². The molecule has 1 atom stereocenters. The first-order chi connectivity index (χ1) is 20.3. The van der Waals surface area contributed by atoms with Gasteiger partial charge in [0.05, 0.1) is 30.9 Å². The third-order valence-electron chi connectivity index (χ3n) is 6.96. The van der Waals surface area contributed by atoms with Gasteiger partial charge in [0, 0.05) is 23.2 Å². The Bertz CT molecular complexity index is 1920. The number of pyridine rings is 1. The molecule has 0 fully saturated rings. The van der Waals surface area contributed by atoms with Crippen molar-refractivity contribution >= 4 is 32.8 Å². The van der Waals surface area contributed by atoms with Crippen molar-refractivity contribution in [2.24, 2.45) is 5.41 Å². The molecule has 0 amide bonds. The van der Waals surface area contributed by atoms with Crippen LogP contribution in [0.4, 0.5) is 14.6 Å². The lowest BCUT2D eigenvalue weighted by Crippen LogP contribution is -2.37. The van der Waals surface area contributed by atoms with Gasteiger partial charge >= 0.3 is 5.97 Å². The number of aryl methyl sites for hydroxylation is 1. The van der Waals surface area contributed by atoms with Crippen molar-refractivity contribution in [1.82, 2.24) is 18.9 Å². The van der Waals surface area contributed by atoms with Gasteiger partial charge in [-0.3, -0.25) is 4.79 Å². The minimum atomic E-state index is -4.19. The Labute approximate surface area is 246 Å². The fourth-order valence-electron chi connectivity index (χ4n) is 4.47. The lowest BCUT2D eigenvalue weighted by Gasteiger charge is -2.31. The van der Waals surface area contributed by atoms with Gasteiger partial charge in [-0.2, -0.15) is 0 Å².